The smallest absolute Gasteiger partial charge is 0.272 e. The molecule has 0 spiro atoms. The molecule has 0 aromatic carbocycles. The molecule has 1 amide bonds. The van der Waals surface area contributed by atoms with Crippen LogP contribution >= 0.6 is 0 Å². The van der Waals surface area contributed by atoms with Gasteiger partial charge in [-0.3, -0.25) is 9.20 Å². The van der Waals surface area contributed by atoms with Gasteiger partial charge in [-0.25, -0.2) is 4.98 Å². The summed E-state index contributed by atoms with van der Waals surface area (Å²) in [5.74, 6) is 0.0348. The van der Waals surface area contributed by atoms with Crippen LogP contribution < -0.4 is 0 Å². The molecule has 21 heavy (non-hydrogen) atoms. The monoisotopic (exact) mass is 287 g/mol. The summed E-state index contributed by atoms with van der Waals surface area (Å²) in [4.78, 5) is 19.3. The summed E-state index contributed by atoms with van der Waals surface area (Å²) in [6, 6.07) is 3.96. The van der Waals surface area contributed by atoms with Crippen LogP contribution in [-0.4, -0.2) is 45.5 Å². The number of pyridine rings is 1. The van der Waals surface area contributed by atoms with E-state index in [0.29, 0.717) is 18.8 Å². The van der Waals surface area contributed by atoms with Gasteiger partial charge in [0.2, 0.25) is 0 Å². The molecule has 0 aliphatic carbocycles. The van der Waals surface area contributed by atoms with E-state index in [4.69, 9.17) is 4.74 Å². The summed E-state index contributed by atoms with van der Waals surface area (Å²) < 4.78 is 7.61. The lowest BCUT2D eigenvalue weighted by Gasteiger charge is -2.35. The molecule has 2 atom stereocenters. The summed E-state index contributed by atoms with van der Waals surface area (Å²) in [6.07, 6.45) is 2.04. The molecule has 2 unspecified atom stereocenters. The van der Waals surface area contributed by atoms with Crippen molar-refractivity contribution in [2.45, 2.75) is 39.9 Å². The molecular weight excluding hydrogens is 266 g/mol. The van der Waals surface area contributed by atoms with Crippen molar-refractivity contribution < 1.29 is 9.53 Å². The van der Waals surface area contributed by atoms with Crippen LogP contribution in [-0.2, 0) is 4.74 Å². The van der Waals surface area contributed by atoms with Gasteiger partial charge in [0.25, 0.3) is 5.91 Å². The highest BCUT2D eigenvalue weighted by molar-refractivity contribution is 5.95. The van der Waals surface area contributed by atoms with Crippen molar-refractivity contribution in [1.82, 2.24) is 14.3 Å². The third kappa shape index (κ3) is 2.42. The highest BCUT2D eigenvalue weighted by Crippen LogP contribution is 2.19. The minimum atomic E-state index is 0.0348. The zero-order valence-corrected chi connectivity index (χ0v) is 13.0. The van der Waals surface area contributed by atoms with E-state index < -0.39 is 0 Å². The molecular formula is C16H21N3O2. The molecule has 1 saturated heterocycles. The first-order chi connectivity index (χ1) is 9.97. The molecule has 5 heteroatoms. The molecule has 0 N–H and O–H groups in total. The Morgan fingerprint density at radius 2 is 1.95 bits per heavy atom. The molecule has 3 rings (SSSR count). The molecule has 0 saturated carbocycles. The number of fused-ring (bicyclic) bond motifs is 1. The Labute approximate surface area is 124 Å². The van der Waals surface area contributed by atoms with Gasteiger partial charge in [-0.2, -0.15) is 0 Å². The third-order valence-electron chi connectivity index (χ3n) is 3.93. The summed E-state index contributed by atoms with van der Waals surface area (Å²) in [5.41, 5.74) is 3.37. The van der Waals surface area contributed by atoms with Crippen LogP contribution in [0.15, 0.2) is 18.3 Å². The first kappa shape index (κ1) is 14.1. The van der Waals surface area contributed by atoms with E-state index in [1.165, 1.54) is 0 Å². The molecule has 0 radical (unpaired) electrons. The van der Waals surface area contributed by atoms with Crippen LogP contribution in [0.25, 0.3) is 5.65 Å². The number of morpholine rings is 1. The van der Waals surface area contributed by atoms with Gasteiger partial charge in [0.15, 0.2) is 0 Å². The van der Waals surface area contributed by atoms with Gasteiger partial charge < -0.3 is 9.64 Å². The van der Waals surface area contributed by atoms with Crippen molar-refractivity contribution in [1.29, 1.82) is 0 Å². The summed E-state index contributed by atoms with van der Waals surface area (Å²) in [5, 5.41) is 0. The van der Waals surface area contributed by atoms with Crippen molar-refractivity contribution in [2.24, 2.45) is 0 Å². The van der Waals surface area contributed by atoms with Crippen LogP contribution in [0, 0.1) is 13.8 Å². The van der Waals surface area contributed by atoms with E-state index in [9.17, 15) is 4.79 Å². The lowest BCUT2D eigenvalue weighted by atomic mass is 10.2. The van der Waals surface area contributed by atoms with E-state index in [0.717, 1.165) is 16.9 Å². The van der Waals surface area contributed by atoms with Crippen LogP contribution in [0.4, 0.5) is 0 Å². The van der Waals surface area contributed by atoms with Gasteiger partial charge >= 0.3 is 0 Å². The highest BCUT2D eigenvalue weighted by Gasteiger charge is 2.29. The van der Waals surface area contributed by atoms with E-state index >= 15 is 0 Å². The maximum Gasteiger partial charge on any atom is 0.272 e. The van der Waals surface area contributed by atoms with Crippen molar-refractivity contribution in [3.05, 3.63) is 35.3 Å². The normalized spacial score (nSPS) is 22.8. The molecule has 1 aliphatic rings. The summed E-state index contributed by atoms with van der Waals surface area (Å²) >= 11 is 0. The third-order valence-corrected chi connectivity index (χ3v) is 3.93. The zero-order valence-electron chi connectivity index (χ0n) is 13.0. The predicted molar refractivity (Wildman–Crippen MR) is 80.6 cm³/mol. The molecule has 2 aromatic rings. The van der Waals surface area contributed by atoms with Gasteiger partial charge in [0, 0.05) is 19.3 Å². The molecule has 1 fully saturated rings. The number of hydrogen-bond acceptors (Lipinski definition) is 3. The largest absolute Gasteiger partial charge is 0.372 e. The SMILES string of the molecule is Cc1nc2c(C)cccn2c1C(=O)N1CC(C)OC(C)C1. The fourth-order valence-corrected chi connectivity index (χ4v) is 3.07. The van der Waals surface area contributed by atoms with E-state index in [1.54, 1.807) is 0 Å². The number of aromatic nitrogens is 2. The molecule has 1 aliphatic heterocycles. The van der Waals surface area contributed by atoms with Gasteiger partial charge in [-0.15, -0.1) is 0 Å². The maximum absolute atomic E-state index is 12.9. The van der Waals surface area contributed by atoms with Crippen LogP contribution in [0.5, 0.6) is 0 Å². The Hall–Kier alpha value is -1.88. The standard InChI is InChI=1S/C16H21N3O2/c1-10-6-5-7-19-14(13(4)17-15(10)19)16(20)18-8-11(2)21-12(3)9-18/h5-7,11-12H,8-9H2,1-4H3. The maximum atomic E-state index is 12.9. The van der Waals surface area contributed by atoms with Gasteiger partial charge in [-0.05, 0) is 39.3 Å². The lowest BCUT2D eigenvalue weighted by molar-refractivity contribution is -0.0587. The van der Waals surface area contributed by atoms with Crippen molar-refractivity contribution in [3.8, 4) is 0 Å². The lowest BCUT2D eigenvalue weighted by Crippen LogP contribution is -2.48. The number of amides is 1. The Balaban J connectivity index is 2.02. The Morgan fingerprint density at radius 3 is 2.62 bits per heavy atom. The fourth-order valence-electron chi connectivity index (χ4n) is 3.07. The zero-order chi connectivity index (χ0) is 15.1. The number of ether oxygens (including phenoxy) is 1. The second-order valence-corrected chi connectivity index (χ2v) is 5.90. The second-order valence-electron chi connectivity index (χ2n) is 5.90. The number of carbonyl (C=O) groups is 1. The van der Waals surface area contributed by atoms with Crippen LogP contribution in [0.1, 0.15) is 35.6 Å². The van der Waals surface area contributed by atoms with E-state index in [2.05, 4.69) is 4.98 Å². The molecule has 3 heterocycles. The number of rotatable bonds is 1. The number of imidazole rings is 1. The van der Waals surface area contributed by atoms with Crippen molar-refractivity contribution in [3.63, 3.8) is 0 Å². The molecule has 0 bridgehead atoms. The van der Waals surface area contributed by atoms with Gasteiger partial charge in [0.1, 0.15) is 11.3 Å². The minimum Gasteiger partial charge on any atom is -0.372 e. The summed E-state index contributed by atoms with van der Waals surface area (Å²) in [6.45, 7) is 9.16. The quantitative estimate of drug-likeness (QED) is 0.808. The first-order valence-corrected chi connectivity index (χ1v) is 7.36. The minimum absolute atomic E-state index is 0.0348. The van der Waals surface area contributed by atoms with Crippen LogP contribution in [0.2, 0.25) is 0 Å². The second kappa shape index (κ2) is 5.15. The number of aryl methyl sites for hydroxylation is 2. The molecule has 5 nitrogen and oxygen atoms in total. The van der Waals surface area contributed by atoms with Crippen LogP contribution in [0.3, 0.4) is 0 Å². The average Bonchev–Trinajstić information content (AvgIpc) is 2.74. The highest BCUT2D eigenvalue weighted by atomic mass is 16.5. The molecule has 2 aromatic heterocycles. The van der Waals surface area contributed by atoms with Crippen molar-refractivity contribution in [2.75, 3.05) is 13.1 Å². The Kier molecular flexibility index (Phi) is 3.45. The number of carbonyl (C=O) groups excluding carboxylic acids is 1. The Bertz CT molecular complexity index is 682. The summed E-state index contributed by atoms with van der Waals surface area (Å²) in [7, 11) is 0. The van der Waals surface area contributed by atoms with Gasteiger partial charge in [0.05, 0.1) is 17.9 Å². The van der Waals surface area contributed by atoms with Gasteiger partial charge in [-0.1, -0.05) is 6.07 Å². The topological polar surface area (TPSA) is 46.8 Å². The number of hydrogen-bond donors (Lipinski definition) is 0. The first-order valence-electron chi connectivity index (χ1n) is 7.36. The molecule has 112 valence electrons. The average molecular weight is 287 g/mol. The number of nitrogens with zero attached hydrogens (tertiary/aromatic N) is 3. The van der Waals surface area contributed by atoms with Crippen molar-refractivity contribution >= 4 is 11.6 Å². The predicted octanol–water partition coefficient (Wildman–Crippen LogP) is 2.20. The Morgan fingerprint density at radius 1 is 1.29 bits per heavy atom. The van der Waals surface area contributed by atoms with E-state index in [1.807, 2.05) is 55.3 Å². The van der Waals surface area contributed by atoms with E-state index in [-0.39, 0.29) is 18.1 Å². The fraction of sp³-hybridized carbons (Fsp3) is 0.500.